The molecule has 2 unspecified atom stereocenters. The lowest BCUT2D eigenvalue weighted by atomic mass is 9.88. The van der Waals surface area contributed by atoms with Crippen molar-refractivity contribution >= 4 is 5.91 Å². The largest absolute Gasteiger partial charge is 0.363 e. The Hall–Kier alpha value is -2.93. The summed E-state index contributed by atoms with van der Waals surface area (Å²) in [5, 5.41) is 5.62. The number of benzene rings is 2. The van der Waals surface area contributed by atoms with Crippen LogP contribution < -0.4 is 10.7 Å². The van der Waals surface area contributed by atoms with Crippen molar-refractivity contribution in [2.45, 2.75) is 50.1 Å². The van der Waals surface area contributed by atoms with Crippen LogP contribution in [-0.2, 0) is 10.2 Å². The molecule has 2 aromatic rings. The Morgan fingerprint density at radius 2 is 1.76 bits per heavy atom. The van der Waals surface area contributed by atoms with E-state index in [-0.39, 0.29) is 30.6 Å². The number of hydrazine groups is 1. The quantitative estimate of drug-likeness (QED) is 0.724. The molecule has 3 heterocycles. The Labute approximate surface area is 198 Å². The second-order valence-corrected chi connectivity index (χ2v) is 10.8. The van der Waals surface area contributed by atoms with E-state index in [9.17, 15) is 13.6 Å². The molecule has 3 atom stereocenters. The number of nitrogens with one attached hydrogen (secondary N) is 2. The Morgan fingerprint density at radius 3 is 2.47 bits per heavy atom. The first-order chi connectivity index (χ1) is 16.1. The van der Waals surface area contributed by atoms with Crippen molar-refractivity contribution in [1.82, 2.24) is 20.7 Å². The summed E-state index contributed by atoms with van der Waals surface area (Å²) in [7, 11) is 0. The zero-order valence-electron chi connectivity index (χ0n) is 19.7. The van der Waals surface area contributed by atoms with Crippen LogP contribution in [0.2, 0.25) is 0 Å². The van der Waals surface area contributed by atoms with Crippen LogP contribution >= 0.6 is 0 Å². The van der Waals surface area contributed by atoms with Gasteiger partial charge in [0.25, 0.3) is 11.8 Å². The molecule has 1 amide bonds. The smallest absolute Gasteiger partial charge is 0.265 e. The number of hydrogen-bond acceptors (Lipinski definition) is 4. The molecule has 3 aliphatic heterocycles. The van der Waals surface area contributed by atoms with Gasteiger partial charge in [0.05, 0.1) is 28.5 Å². The fourth-order valence-corrected chi connectivity index (χ4v) is 6.28. The lowest BCUT2D eigenvalue weighted by molar-refractivity contribution is -0.128. The number of aryl methyl sites for hydroxylation is 1. The van der Waals surface area contributed by atoms with Crippen LogP contribution in [-0.4, -0.2) is 46.9 Å². The van der Waals surface area contributed by atoms with Crippen LogP contribution in [0.15, 0.2) is 66.0 Å². The third kappa shape index (κ3) is 2.89. The summed E-state index contributed by atoms with van der Waals surface area (Å²) in [5.41, 5.74) is 5.34. The maximum absolute atomic E-state index is 14.9. The average molecular weight is 465 g/mol. The van der Waals surface area contributed by atoms with E-state index in [1.165, 1.54) is 5.56 Å². The molecular formula is C27H30F2N4O. The summed E-state index contributed by atoms with van der Waals surface area (Å²) in [4.78, 5) is 15.3. The topological polar surface area (TPSA) is 47.6 Å². The van der Waals surface area contributed by atoms with E-state index < -0.39 is 17.3 Å². The monoisotopic (exact) mass is 464 g/mol. The number of likely N-dealkylation sites (tertiary alicyclic amines) is 1. The molecule has 0 aromatic heterocycles. The molecule has 0 bridgehead atoms. The van der Waals surface area contributed by atoms with Gasteiger partial charge >= 0.3 is 0 Å². The Kier molecular flexibility index (Phi) is 4.47. The van der Waals surface area contributed by atoms with Crippen LogP contribution in [0, 0.1) is 12.8 Å². The van der Waals surface area contributed by atoms with Crippen LogP contribution in [0.5, 0.6) is 0 Å². The molecular weight excluding hydrogens is 434 g/mol. The summed E-state index contributed by atoms with van der Waals surface area (Å²) >= 11 is 0. The molecule has 2 saturated heterocycles. The molecule has 4 aliphatic rings. The van der Waals surface area contributed by atoms with E-state index in [2.05, 4.69) is 36.7 Å². The lowest BCUT2D eigenvalue weighted by Gasteiger charge is -2.46. The highest BCUT2D eigenvalue weighted by molar-refractivity contribution is 5.95. The van der Waals surface area contributed by atoms with Gasteiger partial charge in [0.2, 0.25) is 0 Å². The molecule has 1 saturated carbocycles. The maximum Gasteiger partial charge on any atom is 0.265 e. The van der Waals surface area contributed by atoms with Gasteiger partial charge in [-0.3, -0.25) is 9.80 Å². The molecule has 2 N–H and O–H groups in total. The number of nitrogens with zero attached hydrogens (tertiary/aromatic N) is 2. The number of carbonyl (C=O) groups is 1. The van der Waals surface area contributed by atoms with E-state index >= 15 is 0 Å². The second-order valence-electron chi connectivity index (χ2n) is 10.8. The van der Waals surface area contributed by atoms with Crippen LogP contribution in [0.3, 0.4) is 0 Å². The summed E-state index contributed by atoms with van der Waals surface area (Å²) in [6, 6.07) is 17.6. The highest BCUT2D eigenvalue weighted by atomic mass is 19.3. The normalized spacial score (nSPS) is 30.6. The standard InChI is InChI=1S/C27H30F2N4O/c1-17-9-11-19(12-10-17)26-16-32(15-22(26)27(26,28)29)24(34)20-14-30-33-23(20)31-21(13-25(33,2)3)18-7-5-4-6-8-18/h4-12,21-22,30-31H,13-16H2,1-3H3/t21-,22?,26?/m1/s1. The number of alkyl halides is 2. The summed E-state index contributed by atoms with van der Waals surface area (Å²) in [5.74, 6) is -2.99. The van der Waals surface area contributed by atoms with Crippen LogP contribution in [0.4, 0.5) is 8.78 Å². The van der Waals surface area contributed by atoms with Gasteiger partial charge in [0.15, 0.2) is 0 Å². The van der Waals surface area contributed by atoms with Gasteiger partial charge in [0, 0.05) is 19.6 Å². The van der Waals surface area contributed by atoms with Gasteiger partial charge in [-0.25, -0.2) is 14.2 Å². The van der Waals surface area contributed by atoms with E-state index in [0.29, 0.717) is 17.7 Å². The van der Waals surface area contributed by atoms with Gasteiger partial charge in [-0.05, 0) is 38.3 Å². The third-order valence-corrected chi connectivity index (χ3v) is 8.24. The SMILES string of the molecule is Cc1ccc(C23CN(C(=O)C4=C5N[C@@H](c6ccccc6)CC(C)(C)N5NC4)CC2C3(F)F)cc1. The molecule has 2 aromatic carbocycles. The summed E-state index contributed by atoms with van der Waals surface area (Å²) in [6.07, 6.45) is 0.865. The number of rotatable bonds is 3. The first kappa shape index (κ1) is 21.6. The molecule has 34 heavy (non-hydrogen) atoms. The van der Waals surface area contributed by atoms with Gasteiger partial charge < -0.3 is 10.2 Å². The fourth-order valence-electron chi connectivity index (χ4n) is 6.28. The fraction of sp³-hybridized carbons (Fsp3) is 0.444. The van der Waals surface area contributed by atoms with Crippen molar-refractivity contribution in [3.05, 3.63) is 82.7 Å². The van der Waals surface area contributed by atoms with Crippen LogP contribution in [0.1, 0.15) is 43.0 Å². The number of carbonyl (C=O) groups excluding carboxylic acids is 1. The Bertz CT molecular complexity index is 1180. The number of halogens is 2. The van der Waals surface area contributed by atoms with E-state index in [1.54, 1.807) is 17.0 Å². The van der Waals surface area contributed by atoms with E-state index in [1.807, 2.05) is 42.3 Å². The van der Waals surface area contributed by atoms with E-state index in [4.69, 9.17) is 0 Å². The summed E-state index contributed by atoms with van der Waals surface area (Å²) in [6.45, 7) is 6.78. The van der Waals surface area contributed by atoms with Gasteiger partial charge in [-0.2, -0.15) is 0 Å². The van der Waals surface area contributed by atoms with Gasteiger partial charge in [-0.15, -0.1) is 0 Å². The zero-order valence-corrected chi connectivity index (χ0v) is 19.7. The second kappa shape index (κ2) is 7.04. The molecule has 6 rings (SSSR count). The molecule has 0 radical (unpaired) electrons. The number of amides is 1. The van der Waals surface area contributed by atoms with Gasteiger partial charge in [-0.1, -0.05) is 60.2 Å². The Morgan fingerprint density at radius 1 is 1.06 bits per heavy atom. The maximum atomic E-state index is 14.9. The van der Waals surface area contributed by atoms with Crippen molar-refractivity contribution in [3.63, 3.8) is 0 Å². The van der Waals surface area contributed by atoms with Gasteiger partial charge in [0.1, 0.15) is 5.82 Å². The predicted octanol–water partition coefficient (Wildman–Crippen LogP) is 3.89. The highest BCUT2D eigenvalue weighted by Crippen LogP contribution is 2.70. The number of hydrogen-bond donors (Lipinski definition) is 2. The first-order valence-corrected chi connectivity index (χ1v) is 12.0. The number of piperidine rings is 1. The minimum Gasteiger partial charge on any atom is -0.363 e. The summed E-state index contributed by atoms with van der Waals surface area (Å²) < 4.78 is 29.8. The van der Waals surface area contributed by atoms with E-state index in [0.717, 1.165) is 17.8 Å². The molecule has 3 fully saturated rings. The van der Waals surface area contributed by atoms with Crippen molar-refractivity contribution in [3.8, 4) is 0 Å². The highest BCUT2D eigenvalue weighted by Gasteiger charge is 2.84. The van der Waals surface area contributed by atoms with Crippen molar-refractivity contribution in [2.75, 3.05) is 19.6 Å². The average Bonchev–Trinajstić information content (AvgIpc) is 3.23. The van der Waals surface area contributed by atoms with Crippen molar-refractivity contribution in [1.29, 1.82) is 0 Å². The molecule has 1 aliphatic carbocycles. The third-order valence-electron chi connectivity index (χ3n) is 8.24. The minimum absolute atomic E-state index is 0.0504. The molecule has 0 spiro atoms. The van der Waals surface area contributed by atoms with Crippen molar-refractivity contribution < 1.29 is 13.6 Å². The molecule has 7 heteroatoms. The van der Waals surface area contributed by atoms with Crippen molar-refractivity contribution in [2.24, 2.45) is 5.92 Å². The number of fused-ring (bicyclic) bond motifs is 2. The predicted molar refractivity (Wildman–Crippen MR) is 126 cm³/mol. The lowest BCUT2D eigenvalue weighted by Crippen LogP contribution is -2.56. The molecule has 5 nitrogen and oxygen atoms in total. The molecule has 178 valence electrons. The Balaban J connectivity index is 1.30. The zero-order chi connectivity index (χ0) is 23.9. The first-order valence-electron chi connectivity index (χ1n) is 12.0. The minimum atomic E-state index is -2.78. The van der Waals surface area contributed by atoms with Crippen LogP contribution in [0.25, 0.3) is 0 Å².